The van der Waals surface area contributed by atoms with Gasteiger partial charge in [-0.3, -0.25) is 9.29 Å². The third-order valence-corrected chi connectivity index (χ3v) is 5.54. The van der Waals surface area contributed by atoms with Crippen LogP contribution >= 0.6 is 0 Å². The lowest BCUT2D eigenvalue weighted by molar-refractivity contribution is -0.0438. The molecule has 5 nitrogen and oxygen atoms in total. The number of benzene rings is 2. The Morgan fingerprint density at radius 1 is 1.00 bits per heavy atom. The summed E-state index contributed by atoms with van der Waals surface area (Å²) in [6.07, 6.45) is 2.77. The number of anilines is 1. The van der Waals surface area contributed by atoms with Gasteiger partial charge in [0.2, 0.25) is 0 Å². The van der Waals surface area contributed by atoms with Crippen molar-refractivity contribution in [1.82, 2.24) is 4.98 Å². The quantitative estimate of drug-likeness (QED) is 0.559. The summed E-state index contributed by atoms with van der Waals surface area (Å²) in [7, 11) is -5.62. The van der Waals surface area contributed by atoms with Crippen molar-refractivity contribution in [2.45, 2.75) is 19.0 Å². The van der Waals surface area contributed by atoms with E-state index < -0.39 is 22.1 Å². The molecule has 152 valence electrons. The van der Waals surface area contributed by atoms with Crippen molar-refractivity contribution in [3.05, 3.63) is 84.2 Å². The van der Waals surface area contributed by atoms with Crippen LogP contribution in [0.1, 0.15) is 11.1 Å². The fourth-order valence-electron chi connectivity index (χ4n) is 2.68. The van der Waals surface area contributed by atoms with E-state index in [1.807, 2.05) is 6.07 Å². The van der Waals surface area contributed by atoms with Gasteiger partial charge in [0.05, 0.1) is 12.2 Å². The Kier molecular flexibility index (Phi) is 5.78. The molecule has 1 heterocycles. The second-order valence-corrected chi connectivity index (χ2v) is 8.04. The summed E-state index contributed by atoms with van der Waals surface area (Å²) >= 11 is 0. The van der Waals surface area contributed by atoms with Crippen LogP contribution in [0.15, 0.2) is 73.1 Å². The van der Waals surface area contributed by atoms with Crippen LogP contribution in [0.25, 0.3) is 0 Å². The first kappa shape index (κ1) is 20.7. The van der Waals surface area contributed by atoms with E-state index in [1.54, 1.807) is 24.3 Å². The molecule has 0 N–H and O–H groups in total. The van der Waals surface area contributed by atoms with Crippen molar-refractivity contribution < 1.29 is 26.3 Å². The van der Waals surface area contributed by atoms with Gasteiger partial charge in [0.1, 0.15) is 11.5 Å². The summed E-state index contributed by atoms with van der Waals surface area (Å²) in [5.74, 6) is 0.929. The van der Waals surface area contributed by atoms with Gasteiger partial charge in [-0.1, -0.05) is 24.3 Å². The fraction of sp³-hybridized carbons (Fsp3) is 0.150. The maximum Gasteiger partial charge on any atom is 0.516 e. The fourth-order valence-corrected chi connectivity index (χ4v) is 3.71. The van der Waals surface area contributed by atoms with Gasteiger partial charge in [0.15, 0.2) is 0 Å². The molecule has 2 aromatic carbocycles. The first-order valence-corrected chi connectivity index (χ1v) is 9.94. The zero-order valence-corrected chi connectivity index (χ0v) is 16.1. The van der Waals surface area contributed by atoms with Crippen LogP contribution in [0.4, 0.5) is 18.9 Å². The minimum Gasteiger partial charge on any atom is -0.457 e. The van der Waals surface area contributed by atoms with Crippen molar-refractivity contribution in [3.8, 4) is 11.5 Å². The van der Waals surface area contributed by atoms with Gasteiger partial charge in [0, 0.05) is 12.4 Å². The van der Waals surface area contributed by atoms with Crippen LogP contribution in [0, 0.1) is 6.92 Å². The van der Waals surface area contributed by atoms with Crippen molar-refractivity contribution in [1.29, 1.82) is 0 Å². The predicted octanol–water partition coefficient (Wildman–Crippen LogP) is 5.04. The van der Waals surface area contributed by atoms with Gasteiger partial charge >= 0.3 is 15.5 Å². The summed E-state index contributed by atoms with van der Waals surface area (Å²) in [5.41, 5.74) is -4.90. The molecule has 3 rings (SSSR count). The van der Waals surface area contributed by atoms with E-state index in [-0.39, 0.29) is 5.69 Å². The van der Waals surface area contributed by atoms with Gasteiger partial charge in [-0.2, -0.15) is 21.6 Å². The monoisotopic (exact) mass is 422 g/mol. The Balaban J connectivity index is 1.99. The molecule has 0 saturated heterocycles. The molecule has 0 fully saturated rings. The molecule has 0 aliphatic carbocycles. The number of hydrogen-bond donors (Lipinski definition) is 0. The molecule has 0 radical (unpaired) electrons. The van der Waals surface area contributed by atoms with Crippen molar-refractivity contribution >= 4 is 15.7 Å². The largest absolute Gasteiger partial charge is 0.516 e. The highest BCUT2D eigenvalue weighted by Crippen LogP contribution is 2.35. The smallest absolute Gasteiger partial charge is 0.457 e. The van der Waals surface area contributed by atoms with E-state index in [0.29, 0.717) is 26.9 Å². The maximum atomic E-state index is 13.3. The average Bonchev–Trinajstić information content (AvgIpc) is 2.67. The first-order valence-electron chi connectivity index (χ1n) is 8.50. The molecular weight excluding hydrogens is 405 g/mol. The molecule has 0 unspecified atom stereocenters. The second kappa shape index (κ2) is 8.12. The van der Waals surface area contributed by atoms with Gasteiger partial charge in [-0.15, -0.1) is 0 Å². The summed E-state index contributed by atoms with van der Waals surface area (Å²) in [5, 5.41) is 0. The van der Waals surface area contributed by atoms with Crippen molar-refractivity contribution in [3.63, 3.8) is 0 Å². The Bertz CT molecular complexity index is 1070. The molecule has 9 heteroatoms. The van der Waals surface area contributed by atoms with E-state index in [0.717, 1.165) is 0 Å². The summed E-state index contributed by atoms with van der Waals surface area (Å²) in [4.78, 5) is 3.84. The third-order valence-electron chi connectivity index (χ3n) is 4.05. The van der Waals surface area contributed by atoms with E-state index in [9.17, 15) is 21.6 Å². The molecular formula is C20H17F3N2O3S. The predicted molar refractivity (Wildman–Crippen MR) is 103 cm³/mol. The standard InChI is InChI=1S/C20H17F3N2O3S/c1-15-12-18(28-17-7-3-2-4-8-17)9-10-19(15)25(29(26,27)20(21,22)23)14-16-6-5-11-24-13-16/h2-13H,14H2,1H3. The molecule has 0 saturated carbocycles. The molecule has 29 heavy (non-hydrogen) atoms. The highest BCUT2D eigenvalue weighted by molar-refractivity contribution is 7.93. The lowest BCUT2D eigenvalue weighted by Gasteiger charge is -2.27. The molecule has 0 amide bonds. The van der Waals surface area contributed by atoms with E-state index in [4.69, 9.17) is 4.74 Å². The minimum atomic E-state index is -5.62. The number of alkyl halides is 3. The van der Waals surface area contributed by atoms with E-state index in [1.165, 1.54) is 49.6 Å². The lowest BCUT2D eigenvalue weighted by Crippen LogP contribution is -2.40. The van der Waals surface area contributed by atoms with Gasteiger partial charge < -0.3 is 4.74 Å². The van der Waals surface area contributed by atoms with E-state index in [2.05, 4.69) is 4.98 Å². The molecule has 0 aliphatic heterocycles. The van der Waals surface area contributed by atoms with Crippen molar-refractivity contribution in [2.75, 3.05) is 4.31 Å². The number of hydrogen-bond acceptors (Lipinski definition) is 4. The number of ether oxygens (including phenoxy) is 1. The normalized spacial score (nSPS) is 11.9. The van der Waals surface area contributed by atoms with Crippen LogP contribution in [-0.2, 0) is 16.6 Å². The number of halogens is 3. The first-order chi connectivity index (χ1) is 13.7. The lowest BCUT2D eigenvalue weighted by atomic mass is 10.1. The SMILES string of the molecule is Cc1cc(Oc2ccccc2)ccc1N(Cc1cccnc1)S(=O)(=O)C(F)(F)F. The minimum absolute atomic E-state index is 0.0911. The molecule has 0 bridgehead atoms. The molecule has 0 atom stereocenters. The number of pyridine rings is 1. The Labute approximate surface area is 166 Å². The van der Waals surface area contributed by atoms with Crippen LogP contribution in [0.5, 0.6) is 11.5 Å². The third kappa shape index (κ3) is 4.68. The second-order valence-electron chi connectivity index (χ2n) is 6.18. The molecule has 0 spiro atoms. The number of rotatable bonds is 6. The molecule has 3 aromatic rings. The Hall–Kier alpha value is -3.07. The number of nitrogens with zero attached hydrogens (tertiary/aromatic N) is 2. The Morgan fingerprint density at radius 3 is 2.31 bits per heavy atom. The summed E-state index contributed by atoms with van der Waals surface area (Å²) < 4.78 is 70.4. The topological polar surface area (TPSA) is 59.5 Å². The zero-order chi connectivity index (χ0) is 21.1. The van der Waals surface area contributed by atoms with Crippen LogP contribution in [0.2, 0.25) is 0 Å². The number of para-hydroxylation sites is 1. The average molecular weight is 422 g/mol. The highest BCUT2D eigenvalue weighted by atomic mass is 32.2. The summed E-state index contributed by atoms with van der Waals surface area (Å²) in [6.45, 7) is 1.02. The number of aryl methyl sites for hydroxylation is 1. The van der Waals surface area contributed by atoms with Crippen LogP contribution in [0.3, 0.4) is 0 Å². The van der Waals surface area contributed by atoms with E-state index >= 15 is 0 Å². The van der Waals surface area contributed by atoms with Gasteiger partial charge in [-0.25, -0.2) is 0 Å². The Morgan fingerprint density at radius 2 is 1.72 bits per heavy atom. The zero-order valence-electron chi connectivity index (χ0n) is 15.3. The van der Waals surface area contributed by atoms with Gasteiger partial charge in [0.25, 0.3) is 0 Å². The summed E-state index contributed by atoms with van der Waals surface area (Å²) in [6, 6.07) is 16.1. The van der Waals surface area contributed by atoms with Gasteiger partial charge in [-0.05, 0) is 54.4 Å². The maximum absolute atomic E-state index is 13.3. The van der Waals surface area contributed by atoms with Crippen LogP contribution in [-0.4, -0.2) is 18.9 Å². The highest BCUT2D eigenvalue weighted by Gasteiger charge is 2.50. The van der Waals surface area contributed by atoms with Crippen molar-refractivity contribution in [2.24, 2.45) is 0 Å². The molecule has 0 aliphatic rings. The number of aromatic nitrogens is 1. The van der Waals surface area contributed by atoms with Crippen LogP contribution < -0.4 is 9.04 Å². The molecule has 1 aromatic heterocycles. The number of sulfonamides is 1.